The topological polar surface area (TPSA) is 41.5 Å². The van der Waals surface area contributed by atoms with E-state index in [1.165, 1.54) is 6.42 Å². The molecule has 0 aliphatic heterocycles. The lowest BCUT2D eigenvalue weighted by Crippen LogP contribution is -2.52. The van der Waals surface area contributed by atoms with Crippen molar-refractivity contribution in [3.05, 3.63) is 0 Å². The van der Waals surface area contributed by atoms with Crippen molar-refractivity contribution in [2.45, 2.75) is 45.6 Å². The molecule has 2 N–H and O–H groups in total. The van der Waals surface area contributed by atoms with E-state index in [9.17, 15) is 5.11 Å². The van der Waals surface area contributed by atoms with E-state index in [0.717, 1.165) is 19.4 Å². The molecule has 0 aromatic carbocycles. The highest BCUT2D eigenvalue weighted by Gasteiger charge is 2.42. The van der Waals surface area contributed by atoms with Crippen molar-refractivity contribution >= 4 is 0 Å². The largest absolute Gasteiger partial charge is 0.388 e. The second-order valence-electron chi connectivity index (χ2n) is 6.01. The minimum atomic E-state index is -0.528. The van der Waals surface area contributed by atoms with E-state index in [-0.39, 0.29) is 0 Å². The zero-order valence-corrected chi connectivity index (χ0v) is 11.8. The van der Waals surface area contributed by atoms with Gasteiger partial charge in [0.05, 0.1) is 12.2 Å². The van der Waals surface area contributed by atoms with Gasteiger partial charge < -0.3 is 15.2 Å². The second kappa shape index (κ2) is 6.72. The zero-order chi connectivity index (χ0) is 12.9. The SMILES string of the molecule is COCCNCC1(O)CC(C)CCC1C(C)C. The molecule has 0 saturated heterocycles. The Kier molecular flexibility index (Phi) is 5.90. The fourth-order valence-electron chi connectivity index (χ4n) is 3.23. The van der Waals surface area contributed by atoms with Crippen molar-refractivity contribution in [1.29, 1.82) is 0 Å². The lowest BCUT2D eigenvalue weighted by molar-refractivity contribution is -0.0783. The third-order valence-electron chi connectivity index (χ3n) is 4.08. The molecule has 3 heteroatoms. The van der Waals surface area contributed by atoms with Crippen LogP contribution in [0.2, 0.25) is 0 Å². The Balaban J connectivity index is 2.52. The Labute approximate surface area is 106 Å². The van der Waals surface area contributed by atoms with E-state index in [0.29, 0.717) is 30.9 Å². The molecule has 1 aliphatic carbocycles. The number of aliphatic hydroxyl groups is 1. The van der Waals surface area contributed by atoms with Crippen molar-refractivity contribution in [1.82, 2.24) is 5.32 Å². The maximum atomic E-state index is 10.9. The van der Waals surface area contributed by atoms with Gasteiger partial charge in [-0.15, -0.1) is 0 Å². The Hall–Kier alpha value is -0.120. The summed E-state index contributed by atoms with van der Waals surface area (Å²) in [6, 6.07) is 0. The number of hydrogen-bond acceptors (Lipinski definition) is 3. The molecule has 1 aliphatic rings. The lowest BCUT2D eigenvalue weighted by atomic mass is 9.67. The van der Waals surface area contributed by atoms with Gasteiger partial charge in [-0.25, -0.2) is 0 Å². The van der Waals surface area contributed by atoms with Crippen molar-refractivity contribution in [3.63, 3.8) is 0 Å². The first-order valence-corrected chi connectivity index (χ1v) is 6.91. The fraction of sp³-hybridized carbons (Fsp3) is 1.00. The molecule has 17 heavy (non-hydrogen) atoms. The van der Waals surface area contributed by atoms with E-state index in [2.05, 4.69) is 26.1 Å². The van der Waals surface area contributed by atoms with Crippen LogP contribution < -0.4 is 5.32 Å². The number of hydrogen-bond donors (Lipinski definition) is 2. The molecule has 1 rings (SSSR count). The summed E-state index contributed by atoms with van der Waals surface area (Å²) < 4.78 is 5.02. The molecule has 3 atom stereocenters. The first-order chi connectivity index (χ1) is 7.99. The molecule has 0 radical (unpaired) electrons. The van der Waals surface area contributed by atoms with E-state index < -0.39 is 5.60 Å². The van der Waals surface area contributed by atoms with Crippen molar-refractivity contribution < 1.29 is 9.84 Å². The van der Waals surface area contributed by atoms with Crippen LogP contribution in [0.15, 0.2) is 0 Å². The molecule has 0 aromatic rings. The van der Waals surface area contributed by atoms with Crippen LogP contribution in [-0.4, -0.2) is 37.5 Å². The molecular weight excluding hydrogens is 214 g/mol. The fourth-order valence-corrected chi connectivity index (χ4v) is 3.23. The molecule has 3 unspecified atom stereocenters. The average molecular weight is 243 g/mol. The summed E-state index contributed by atoms with van der Waals surface area (Å²) >= 11 is 0. The first kappa shape index (κ1) is 14.9. The minimum Gasteiger partial charge on any atom is -0.388 e. The maximum absolute atomic E-state index is 10.9. The van der Waals surface area contributed by atoms with Gasteiger partial charge >= 0.3 is 0 Å². The summed E-state index contributed by atoms with van der Waals surface area (Å²) in [6.07, 6.45) is 3.33. The summed E-state index contributed by atoms with van der Waals surface area (Å²) in [5, 5.41) is 14.2. The van der Waals surface area contributed by atoms with Gasteiger partial charge in [-0.2, -0.15) is 0 Å². The van der Waals surface area contributed by atoms with Gasteiger partial charge in [0, 0.05) is 20.2 Å². The summed E-state index contributed by atoms with van der Waals surface area (Å²) in [5.74, 6) is 1.62. The summed E-state index contributed by atoms with van der Waals surface area (Å²) in [4.78, 5) is 0. The van der Waals surface area contributed by atoms with Crippen LogP contribution in [0.3, 0.4) is 0 Å². The monoisotopic (exact) mass is 243 g/mol. The van der Waals surface area contributed by atoms with E-state index in [1.54, 1.807) is 7.11 Å². The number of ether oxygens (including phenoxy) is 1. The molecule has 3 nitrogen and oxygen atoms in total. The third-order valence-corrected chi connectivity index (χ3v) is 4.08. The molecule has 1 saturated carbocycles. The predicted octanol–water partition coefficient (Wildman–Crippen LogP) is 2.05. The average Bonchev–Trinajstić information content (AvgIpc) is 2.23. The standard InChI is InChI=1S/C14H29NO2/c1-11(2)13-6-5-12(3)9-14(13,16)10-15-7-8-17-4/h11-13,15-16H,5-10H2,1-4H3. The maximum Gasteiger partial charge on any atom is 0.0804 e. The summed E-state index contributed by atoms with van der Waals surface area (Å²) in [7, 11) is 1.70. The van der Waals surface area contributed by atoms with Gasteiger partial charge in [0.1, 0.15) is 0 Å². The second-order valence-corrected chi connectivity index (χ2v) is 6.01. The molecular formula is C14H29NO2. The van der Waals surface area contributed by atoms with Crippen LogP contribution in [-0.2, 0) is 4.74 Å². The molecule has 0 bridgehead atoms. The van der Waals surface area contributed by atoms with Gasteiger partial charge in [-0.05, 0) is 30.6 Å². The molecule has 0 aromatic heterocycles. The van der Waals surface area contributed by atoms with Gasteiger partial charge in [0.25, 0.3) is 0 Å². The van der Waals surface area contributed by atoms with Crippen LogP contribution >= 0.6 is 0 Å². The third kappa shape index (κ3) is 4.23. The zero-order valence-electron chi connectivity index (χ0n) is 11.8. The van der Waals surface area contributed by atoms with Crippen molar-refractivity contribution in [2.24, 2.45) is 17.8 Å². The van der Waals surface area contributed by atoms with Gasteiger partial charge in [-0.1, -0.05) is 27.2 Å². The van der Waals surface area contributed by atoms with Crippen molar-refractivity contribution in [2.75, 3.05) is 26.8 Å². The van der Waals surface area contributed by atoms with Crippen molar-refractivity contribution in [3.8, 4) is 0 Å². The summed E-state index contributed by atoms with van der Waals surface area (Å²) in [5.41, 5.74) is -0.528. The molecule has 0 heterocycles. The number of rotatable bonds is 6. The first-order valence-electron chi connectivity index (χ1n) is 6.91. The highest BCUT2D eigenvalue weighted by molar-refractivity contribution is 4.94. The predicted molar refractivity (Wildman–Crippen MR) is 71.0 cm³/mol. The van der Waals surface area contributed by atoms with Crippen LogP contribution in [0.4, 0.5) is 0 Å². The Morgan fingerprint density at radius 1 is 1.41 bits per heavy atom. The quantitative estimate of drug-likeness (QED) is 0.702. The van der Waals surface area contributed by atoms with E-state index >= 15 is 0 Å². The summed E-state index contributed by atoms with van der Waals surface area (Å²) in [6.45, 7) is 8.91. The Morgan fingerprint density at radius 3 is 2.71 bits per heavy atom. The van der Waals surface area contributed by atoms with Crippen LogP contribution in [0.25, 0.3) is 0 Å². The van der Waals surface area contributed by atoms with Gasteiger partial charge in [-0.3, -0.25) is 0 Å². The van der Waals surface area contributed by atoms with E-state index in [4.69, 9.17) is 4.74 Å². The van der Waals surface area contributed by atoms with Crippen LogP contribution in [0.1, 0.15) is 40.0 Å². The van der Waals surface area contributed by atoms with Gasteiger partial charge in [0.2, 0.25) is 0 Å². The van der Waals surface area contributed by atoms with Crippen LogP contribution in [0.5, 0.6) is 0 Å². The highest BCUT2D eigenvalue weighted by Crippen LogP contribution is 2.40. The Morgan fingerprint density at radius 2 is 2.12 bits per heavy atom. The molecule has 1 fully saturated rings. The van der Waals surface area contributed by atoms with E-state index in [1.807, 2.05) is 0 Å². The number of nitrogens with one attached hydrogen (secondary N) is 1. The normalized spacial score (nSPS) is 34.2. The minimum absolute atomic E-state index is 0.425. The van der Waals surface area contributed by atoms with Crippen LogP contribution in [0, 0.1) is 17.8 Å². The highest BCUT2D eigenvalue weighted by atomic mass is 16.5. The molecule has 0 spiro atoms. The number of methoxy groups -OCH3 is 1. The lowest BCUT2D eigenvalue weighted by Gasteiger charge is -2.45. The van der Waals surface area contributed by atoms with Gasteiger partial charge in [0.15, 0.2) is 0 Å². The molecule has 102 valence electrons. The Bertz CT molecular complexity index is 220. The molecule has 0 amide bonds. The smallest absolute Gasteiger partial charge is 0.0804 e.